The molecule has 0 aromatic carbocycles. The van der Waals surface area contributed by atoms with Crippen molar-refractivity contribution in [1.82, 2.24) is 15.2 Å². The van der Waals surface area contributed by atoms with Gasteiger partial charge in [0.05, 0.1) is 12.2 Å². The van der Waals surface area contributed by atoms with E-state index in [1.54, 1.807) is 11.0 Å². The van der Waals surface area contributed by atoms with Gasteiger partial charge >= 0.3 is 5.97 Å². The molecule has 1 unspecified atom stereocenters. The zero-order valence-corrected chi connectivity index (χ0v) is 14.3. The largest absolute Gasteiger partial charge is 0.477 e. The minimum Gasteiger partial charge on any atom is -0.477 e. The highest BCUT2D eigenvalue weighted by Crippen LogP contribution is 2.29. The molecule has 1 aromatic heterocycles. The summed E-state index contributed by atoms with van der Waals surface area (Å²) in [6.45, 7) is 2.28. The maximum atomic E-state index is 13.0. The summed E-state index contributed by atoms with van der Waals surface area (Å²) in [4.78, 5) is 41.6. The van der Waals surface area contributed by atoms with Crippen molar-refractivity contribution < 1.29 is 19.5 Å². The Labute approximate surface area is 146 Å². The van der Waals surface area contributed by atoms with Gasteiger partial charge in [0.2, 0.25) is 11.8 Å². The molecule has 1 atom stereocenters. The monoisotopic (exact) mass is 345 g/mol. The average molecular weight is 345 g/mol. The molecular formula is C18H23N3O4. The van der Waals surface area contributed by atoms with Gasteiger partial charge in [0.1, 0.15) is 11.7 Å². The van der Waals surface area contributed by atoms with E-state index in [4.69, 9.17) is 5.11 Å². The van der Waals surface area contributed by atoms with E-state index >= 15 is 0 Å². The molecule has 2 heterocycles. The molecule has 2 amide bonds. The first-order chi connectivity index (χ1) is 12.0. The number of fused-ring (bicyclic) bond motifs is 1. The van der Waals surface area contributed by atoms with Crippen LogP contribution in [0.5, 0.6) is 0 Å². The number of nitrogens with zero attached hydrogens (tertiary/aromatic N) is 2. The molecule has 2 N–H and O–H groups in total. The number of pyridine rings is 1. The van der Waals surface area contributed by atoms with E-state index in [1.165, 1.54) is 13.0 Å². The Balaban J connectivity index is 1.78. The van der Waals surface area contributed by atoms with Gasteiger partial charge in [-0.1, -0.05) is 18.9 Å². The van der Waals surface area contributed by atoms with Crippen molar-refractivity contribution in [3.05, 3.63) is 29.1 Å². The SMILES string of the molecule is CC(=O)NC(C(=O)N1CCc2ccc(C(=O)O)nc2C1)C1CCCC1. The van der Waals surface area contributed by atoms with Crippen LogP contribution in [0.4, 0.5) is 0 Å². The minimum atomic E-state index is -1.08. The number of carbonyl (C=O) groups is 3. The van der Waals surface area contributed by atoms with E-state index in [-0.39, 0.29) is 30.0 Å². The lowest BCUT2D eigenvalue weighted by Crippen LogP contribution is -2.52. The van der Waals surface area contributed by atoms with E-state index in [0.717, 1.165) is 31.2 Å². The second-order valence-electron chi connectivity index (χ2n) is 6.84. The van der Waals surface area contributed by atoms with E-state index in [2.05, 4.69) is 10.3 Å². The quantitative estimate of drug-likeness (QED) is 0.858. The predicted octanol–water partition coefficient (Wildman–Crippen LogP) is 1.36. The minimum absolute atomic E-state index is 0.0118. The van der Waals surface area contributed by atoms with Gasteiger partial charge < -0.3 is 15.3 Å². The number of carbonyl (C=O) groups excluding carboxylic acids is 2. The fraction of sp³-hybridized carbons (Fsp3) is 0.556. The second kappa shape index (κ2) is 7.21. The molecule has 1 aliphatic carbocycles. The molecule has 134 valence electrons. The van der Waals surface area contributed by atoms with Gasteiger partial charge in [-0.3, -0.25) is 9.59 Å². The zero-order valence-electron chi connectivity index (χ0n) is 14.3. The third-order valence-corrected chi connectivity index (χ3v) is 5.09. The molecule has 0 spiro atoms. The van der Waals surface area contributed by atoms with Gasteiger partial charge in [0.25, 0.3) is 0 Å². The number of carboxylic acid groups (broad SMARTS) is 1. The molecule has 7 heteroatoms. The van der Waals surface area contributed by atoms with Crippen LogP contribution in [0.2, 0.25) is 0 Å². The van der Waals surface area contributed by atoms with Gasteiger partial charge in [-0.05, 0) is 36.8 Å². The van der Waals surface area contributed by atoms with Gasteiger partial charge in [-0.25, -0.2) is 9.78 Å². The van der Waals surface area contributed by atoms with Crippen LogP contribution in [0.25, 0.3) is 0 Å². The van der Waals surface area contributed by atoms with Crippen LogP contribution in [0.1, 0.15) is 54.4 Å². The van der Waals surface area contributed by atoms with Crippen LogP contribution in [-0.4, -0.2) is 45.4 Å². The molecule has 25 heavy (non-hydrogen) atoms. The normalized spacial score (nSPS) is 18.5. The lowest BCUT2D eigenvalue weighted by atomic mass is 9.95. The fourth-order valence-electron chi connectivity index (χ4n) is 3.80. The van der Waals surface area contributed by atoms with E-state index in [1.807, 2.05) is 0 Å². The summed E-state index contributed by atoms with van der Waals surface area (Å²) in [7, 11) is 0. The van der Waals surface area contributed by atoms with Crippen molar-refractivity contribution in [3.8, 4) is 0 Å². The Kier molecular flexibility index (Phi) is 5.01. The van der Waals surface area contributed by atoms with Gasteiger partial charge in [0, 0.05) is 13.5 Å². The number of aromatic carboxylic acids is 1. The molecule has 0 saturated heterocycles. The highest BCUT2D eigenvalue weighted by Gasteiger charge is 2.35. The molecule has 3 rings (SSSR count). The predicted molar refractivity (Wildman–Crippen MR) is 89.9 cm³/mol. The van der Waals surface area contributed by atoms with Crippen LogP contribution >= 0.6 is 0 Å². The third kappa shape index (κ3) is 3.81. The number of carboxylic acids is 1. The van der Waals surface area contributed by atoms with E-state index < -0.39 is 12.0 Å². The van der Waals surface area contributed by atoms with Crippen molar-refractivity contribution in [2.75, 3.05) is 6.54 Å². The zero-order chi connectivity index (χ0) is 18.0. The summed E-state index contributed by atoms with van der Waals surface area (Å²) in [5.41, 5.74) is 1.60. The van der Waals surface area contributed by atoms with Crippen LogP contribution in [0.3, 0.4) is 0 Å². The number of amides is 2. The average Bonchev–Trinajstić information content (AvgIpc) is 3.12. The summed E-state index contributed by atoms with van der Waals surface area (Å²) in [6, 6.07) is 2.77. The molecule has 1 fully saturated rings. The number of rotatable bonds is 4. The van der Waals surface area contributed by atoms with Crippen LogP contribution in [0.15, 0.2) is 12.1 Å². The molecule has 1 aromatic rings. The summed E-state index contributed by atoms with van der Waals surface area (Å²) in [5.74, 6) is -1.19. The standard InChI is InChI=1S/C18H23N3O4/c1-11(22)19-16(13-4-2-3-5-13)17(23)21-9-8-12-6-7-14(18(24)25)20-15(12)10-21/h6-7,13,16H,2-5,8-10H2,1H3,(H,19,22)(H,24,25). The Morgan fingerprint density at radius 2 is 2.00 bits per heavy atom. The van der Waals surface area contributed by atoms with Crippen LogP contribution in [-0.2, 0) is 22.6 Å². The summed E-state index contributed by atoms with van der Waals surface area (Å²) in [6.07, 6.45) is 4.71. The van der Waals surface area contributed by atoms with Crippen molar-refractivity contribution in [3.63, 3.8) is 0 Å². The summed E-state index contributed by atoms with van der Waals surface area (Å²) >= 11 is 0. The number of nitrogens with one attached hydrogen (secondary N) is 1. The lowest BCUT2D eigenvalue weighted by Gasteiger charge is -2.33. The van der Waals surface area contributed by atoms with Gasteiger partial charge in [0.15, 0.2) is 0 Å². The molecule has 7 nitrogen and oxygen atoms in total. The maximum Gasteiger partial charge on any atom is 0.354 e. The molecular weight excluding hydrogens is 322 g/mol. The van der Waals surface area contributed by atoms with Gasteiger partial charge in [-0.15, -0.1) is 0 Å². The summed E-state index contributed by atoms with van der Waals surface area (Å²) < 4.78 is 0. The smallest absolute Gasteiger partial charge is 0.354 e. The highest BCUT2D eigenvalue weighted by atomic mass is 16.4. The molecule has 1 saturated carbocycles. The van der Waals surface area contributed by atoms with Crippen molar-refractivity contribution in [1.29, 1.82) is 0 Å². The Bertz CT molecular complexity index is 698. The Morgan fingerprint density at radius 3 is 2.64 bits per heavy atom. The molecule has 1 aliphatic heterocycles. The highest BCUT2D eigenvalue weighted by molar-refractivity contribution is 5.87. The number of hydrogen-bond donors (Lipinski definition) is 2. The fourth-order valence-corrected chi connectivity index (χ4v) is 3.80. The lowest BCUT2D eigenvalue weighted by molar-refractivity contribution is -0.138. The molecule has 2 aliphatic rings. The topological polar surface area (TPSA) is 99.6 Å². The first kappa shape index (κ1) is 17.4. The molecule has 0 radical (unpaired) electrons. The maximum absolute atomic E-state index is 13.0. The first-order valence-corrected chi connectivity index (χ1v) is 8.73. The number of hydrogen-bond acceptors (Lipinski definition) is 4. The number of aromatic nitrogens is 1. The van der Waals surface area contributed by atoms with Gasteiger partial charge in [-0.2, -0.15) is 0 Å². The third-order valence-electron chi connectivity index (χ3n) is 5.09. The van der Waals surface area contributed by atoms with Crippen molar-refractivity contribution in [2.45, 2.75) is 51.6 Å². The second-order valence-corrected chi connectivity index (χ2v) is 6.84. The van der Waals surface area contributed by atoms with Crippen LogP contribution < -0.4 is 5.32 Å². The van der Waals surface area contributed by atoms with Crippen molar-refractivity contribution in [2.24, 2.45) is 5.92 Å². The summed E-state index contributed by atoms with van der Waals surface area (Å²) in [5, 5.41) is 11.9. The van der Waals surface area contributed by atoms with Crippen molar-refractivity contribution >= 4 is 17.8 Å². The first-order valence-electron chi connectivity index (χ1n) is 8.73. The Morgan fingerprint density at radius 1 is 1.28 bits per heavy atom. The van der Waals surface area contributed by atoms with E-state index in [9.17, 15) is 14.4 Å². The Hall–Kier alpha value is -2.44. The van der Waals surface area contributed by atoms with E-state index in [0.29, 0.717) is 18.7 Å². The molecule has 0 bridgehead atoms. The van der Waals surface area contributed by atoms with Crippen LogP contribution in [0, 0.1) is 5.92 Å².